The van der Waals surface area contributed by atoms with E-state index in [1.165, 1.54) is 0 Å². The Labute approximate surface area is 91.4 Å². The third-order valence-electron chi connectivity index (χ3n) is 3.45. The molecule has 2 rings (SSSR count). The molecule has 4 heteroatoms. The van der Waals surface area contributed by atoms with Gasteiger partial charge in [-0.15, -0.1) is 0 Å². The minimum Gasteiger partial charge on any atom is -0.317 e. The summed E-state index contributed by atoms with van der Waals surface area (Å²) in [5.41, 5.74) is 3.37. The second-order valence-electron chi connectivity index (χ2n) is 4.93. The fraction of sp³-hybridized carbons (Fsp3) is 0.909. The molecule has 2 aliphatic rings. The van der Waals surface area contributed by atoms with Crippen LogP contribution < -0.4 is 10.7 Å². The zero-order valence-corrected chi connectivity index (χ0v) is 9.62. The van der Waals surface area contributed by atoms with Crippen LogP contribution in [0.25, 0.3) is 0 Å². The van der Waals surface area contributed by atoms with E-state index in [-0.39, 0.29) is 5.91 Å². The Kier molecular flexibility index (Phi) is 3.26. The number of nitrogens with one attached hydrogen (secondary N) is 2. The summed E-state index contributed by atoms with van der Waals surface area (Å²) in [6.45, 7) is 6.39. The van der Waals surface area contributed by atoms with Gasteiger partial charge in [-0.25, -0.2) is 5.43 Å². The second-order valence-corrected chi connectivity index (χ2v) is 4.93. The highest BCUT2D eigenvalue weighted by Crippen LogP contribution is 2.20. The molecular formula is C11H21N3O. The smallest absolute Gasteiger partial charge is 0.238 e. The van der Waals surface area contributed by atoms with E-state index < -0.39 is 0 Å². The highest BCUT2D eigenvalue weighted by atomic mass is 16.2. The van der Waals surface area contributed by atoms with Crippen molar-refractivity contribution < 1.29 is 4.79 Å². The Morgan fingerprint density at radius 2 is 2.00 bits per heavy atom. The van der Waals surface area contributed by atoms with Gasteiger partial charge in [0, 0.05) is 12.5 Å². The van der Waals surface area contributed by atoms with Crippen molar-refractivity contribution in [2.75, 3.05) is 13.1 Å². The number of amides is 1. The van der Waals surface area contributed by atoms with Gasteiger partial charge in [-0.3, -0.25) is 9.80 Å². The van der Waals surface area contributed by atoms with Gasteiger partial charge in [0.05, 0.1) is 6.04 Å². The van der Waals surface area contributed by atoms with Crippen LogP contribution in [0.4, 0.5) is 0 Å². The first-order valence-electron chi connectivity index (χ1n) is 5.97. The maximum absolute atomic E-state index is 11.8. The van der Waals surface area contributed by atoms with E-state index in [1.807, 2.05) is 5.01 Å². The molecule has 2 saturated heterocycles. The summed E-state index contributed by atoms with van der Waals surface area (Å²) in [4.78, 5) is 11.8. The molecule has 2 N–H and O–H groups in total. The van der Waals surface area contributed by atoms with Crippen LogP contribution in [0.2, 0.25) is 0 Å². The minimum absolute atomic E-state index is 0.278. The number of piperidine rings is 1. The van der Waals surface area contributed by atoms with E-state index >= 15 is 0 Å². The molecule has 0 spiro atoms. The van der Waals surface area contributed by atoms with Crippen molar-refractivity contribution in [3.05, 3.63) is 0 Å². The number of nitrogens with zero attached hydrogens (tertiary/aromatic N) is 1. The first-order chi connectivity index (χ1) is 7.18. The summed E-state index contributed by atoms with van der Waals surface area (Å²) >= 11 is 0. The number of carbonyl (C=O) groups is 1. The maximum atomic E-state index is 11.8. The van der Waals surface area contributed by atoms with E-state index in [2.05, 4.69) is 24.6 Å². The number of hydrazine groups is 1. The summed E-state index contributed by atoms with van der Waals surface area (Å²) < 4.78 is 0. The number of hydrogen-bond acceptors (Lipinski definition) is 3. The molecule has 0 radical (unpaired) electrons. The molecule has 0 aliphatic carbocycles. The van der Waals surface area contributed by atoms with Gasteiger partial charge >= 0.3 is 0 Å². The minimum atomic E-state index is 0.278. The van der Waals surface area contributed by atoms with Crippen LogP contribution in [0, 0.1) is 5.92 Å². The van der Waals surface area contributed by atoms with Crippen LogP contribution in [0.3, 0.4) is 0 Å². The van der Waals surface area contributed by atoms with Gasteiger partial charge in [-0.05, 0) is 31.8 Å². The molecule has 86 valence electrons. The first-order valence-corrected chi connectivity index (χ1v) is 5.97. The van der Waals surface area contributed by atoms with E-state index in [4.69, 9.17) is 0 Å². The second kappa shape index (κ2) is 4.49. The highest BCUT2D eigenvalue weighted by molar-refractivity contribution is 5.78. The van der Waals surface area contributed by atoms with Crippen LogP contribution in [-0.4, -0.2) is 36.1 Å². The van der Waals surface area contributed by atoms with E-state index in [0.29, 0.717) is 24.4 Å². The van der Waals surface area contributed by atoms with Crippen LogP contribution in [0.5, 0.6) is 0 Å². The fourth-order valence-corrected chi connectivity index (χ4v) is 2.34. The predicted octanol–water partition coefficient (Wildman–Crippen LogP) is 0.500. The van der Waals surface area contributed by atoms with Gasteiger partial charge in [0.1, 0.15) is 0 Å². The summed E-state index contributed by atoms with van der Waals surface area (Å²) in [5, 5.41) is 5.22. The Balaban J connectivity index is 1.95. The highest BCUT2D eigenvalue weighted by Gasteiger charge is 2.35. The van der Waals surface area contributed by atoms with Crippen molar-refractivity contribution in [2.45, 2.75) is 45.2 Å². The van der Waals surface area contributed by atoms with Gasteiger partial charge in [0.2, 0.25) is 5.91 Å². The molecule has 2 aliphatic heterocycles. The van der Waals surface area contributed by atoms with Crippen LogP contribution in [-0.2, 0) is 4.79 Å². The van der Waals surface area contributed by atoms with Crippen LogP contribution >= 0.6 is 0 Å². The van der Waals surface area contributed by atoms with Crippen molar-refractivity contribution >= 4 is 5.91 Å². The van der Waals surface area contributed by atoms with E-state index in [1.54, 1.807) is 0 Å². The Morgan fingerprint density at radius 1 is 1.33 bits per heavy atom. The van der Waals surface area contributed by atoms with E-state index in [0.717, 1.165) is 25.9 Å². The summed E-state index contributed by atoms with van der Waals surface area (Å²) in [6, 6.07) is 0.745. The summed E-state index contributed by atoms with van der Waals surface area (Å²) in [7, 11) is 0. The van der Waals surface area contributed by atoms with Crippen molar-refractivity contribution in [1.29, 1.82) is 0 Å². The number of hydrogen-bond donors (Lipinski definition) is 2. The molecule has 2 heterocycles. The lowest BCUT2D eigenvalue weighted by Gasteiger charge is -2.32. The molecule has 15 heavy (non-hydrogen) atoms. The molecule has 4 nitrogen and oxygen atoms in total. The first kappa shape index (κ1) is 10.9. The van der Waals surface area contributed by atoms with Crippen LogP contribution in [0.15, 0.2) is 0 Å². The Hall–Kier alpha value is -0.610. The molecule has 0 saturated carbocycles. The standard InChI is InChI=1S/C11H21N3O/c1-8(2)10-7-11(15)14(13-10)9-3-5-12-6-4-9/h8-10,12-13H,3-7H2,1-2H3. The maximum Gasteiger partial charge on any atom is 0.238 e. The molecule has 0 aromatic carbocycles. The molecular weight excluding hydrogens is 190 g/mol. The van der Waals surface area contributed by atoms with Gasteiger partial charge in [0.15, 0.2) is 0 Å². The Bertz CT molecular complexity index is 236. The topological polar surface area (TPSA) is 44.4 Å². The van der Waals surface area contributed by atoms with Gasteiger partial charge < -0.3 is 5.32 Å². The van der Waals surface area contributed by atoms with E-state index in [9.17, 15) is 4.79 Å². The average Bonchev–Trinajstić information content (AvgIpc) is 2.62. The normalized spacial score (nSPS) is 29.1. The molecule has 1 amide bonds. The molecule has 2 fully saturated rings. The summed E-state index contributed by atoms with van der Waals surface area (Å²) in [6.07, 6.45) is 2.81. The molecule has 1 atom stereocenters. The molecule has 1 unspecified atom stereocenters. The third-order valence-corrected chi connectivity index (χ3v) is 3.45. The molecule has 0 bridgehead atoms. The zero-order valence-electron chi connectivity index (χ0n) is 9.62. The largest absolute Gasteiger partial charge is 0.317 e. The zero-order chi connectivity index (χ0) is 10.8. The monoisotopic (exact) mass is 211 g/mol. The van der Waals surface area contributed by atoms with Crippen molar-refractivity contribution in [1.82, 2.24) is 15.8 Å². The van der Waals surface area contributed by atoms with Crippen molar-refractivity contribution in [3.8, 4) is 0 Å². The third kappa shape index (κ3) is 2.32. The van der Waals surface area contributed by atoms with Gasteiger partial charge in [-0.1, -0.05) is 13.8 Å². The lowest BCUT2D eigenvalue weighted by atomic mass is 10.0. The van der Waals surface area contributed by atoms with Gasteiger partial charge in [0.25, 0.3) is 0 Å². The lowest BCUT2D eigenvalue weighted by Crippen LogP contribution is -2.50. The predicted molar refractivity (Wildman–Crippen MR) is 59.1 cm³/mol. The average molecular weight is 211 g/mol. The number of carbonyl (C=O) groups excluding carboxylic acids is 1. The summed E-state index contributed by atoms with van der Waals surface area (Å²) in [5.74, 6) is 0.807. The van der Waals surface area contributed by atoms with Crippen LogP contribution in [0.1, 0.15) is 33.1 Å². The SMILES string of the molecule is CC(C)C1CC(=O)N(C2CCNCC2)N1. The molecule has 0 aromatic rings. The number of rotatable bonds is 2. The van der Waals surface area contributed by atoms with Gasteiger partial charge in [-0.2, -0.15) is 0 Å². The van der Waals surface area contributed by atoms with Crippen molar-refractivity contribution in [2.24, 2.45) is 5.92 Å². The quantitative estimate of drug-likeness (QED) is 0.699. The Morgan fingerprint density at radius 3 is 2.53 bits per heavy atom. The van der Waals surface area contributed by atoms with Crippen molar-refractivity contribution in [3.63, 3.8) is 0 Å². The lowest BCUT2D eigenvalue weighted by molar-refractivity contribution is -0.132. The fourth-order valence-electron chi connectivity index (χ4n) is 2.34. The molecule has 0 aromatic heterocycles.